The summed E-state index contributed by atoms with van der Waals surface area (Å²) >= 11 is 0. The number of carbonyl (C=O) groups is 2. The Morgan fingerprint density at radius 2 is 1.22 bits per heavy atom. The van der Waals surface area contributed by atoms with Crippen LogP contribution < -0.4 is 18.9 Å². The van der Waals surface area contributed by atoms with Gasteiger partial charge < -0.3 is 33.5 Å². The highest BCUT2D eigenvalue weighted by molar-refractivity contribution is 6.76. The molecule has 6 heterocycles. The van der Waals surface area contributed by atoms with E-state index in [1.807, 2.05) is 44.2 Å². The maximum absolute atomic E-state index is 13.4. The molecule has 77 heavy (non-hydrogen) atoms. The fourth-order valence-electron chi connectivity index (χ4n) is 6.82. The van der Waals surface area contributed by atoms with E-state index in [1.165, 1.54) is 55.6 Å². The highest BCUT2D eigenvalue weighted by atomic mass is 28.3. The normalized spacial score (nSPS) is 11.6. The monoisotopic (exact) mass is 1070 g/mol. The number of aliphatic carboxylic acids is 1. The van der Waals surface area contributed by atoms with Gasteiger partial charge in [-0.05, 0) is 132 Å². The van der Waals surface area contributed by atoms with E-state index in [0.717, 1.165) is 28.3 Å². The van der Waals surface area contributed by atoms with Gasteiger partial charge in [0.05, 0.1) is 29.3 Å². The van der Waals surface area contributed by atoms with Crippen LogP contribution in [0.1, 0.15) is 38.8 Å². The quantitative estimate of drug-likeness (QED) is 0.0387. The summed E-state index contributed by atoms with van der Waals surface area (Å²) in [7, 11) is 0.0990. The summed E-state index contributed by atoms with van der Waals surface area (Å²) in [6.45, 7) is 18.3. The summed E-state index contributed by atoms with van der Waals surface area (Å²) in [4.78, 5) is 49.8. The number of nitrogens with one attached hydrogen (secondary N) is 1. The average Bonchev–Trinajstić information content (AvgIpc) is 4.06. The van der Waals surface area contributed by atoms with E-state index in [4.69, 9.17) is 28.4 Å². The first-order valence-corrected chi connectivity index (χ1v) is 28.0. The summed E-state index contributed by atoms with van der Waals surface area (Å²) in [6.07, 6.45) is 6.67. The molecule has 0 aliphatic carbocycles. The minimum Gasteiger partial charge on any atom is -0.481 e. The number of halogens is 2. The van der Waals surface area contributed by atoms with Gasteiger partial charge >= 0.3 is 24.0 Å². The van der Waals surface area contributed by atoms with E-state index in [9.17, 15) is 23.5 Å². The largest absolute Gasteiger partial charge is 0.481 e. The fraction of sp³-hybridized carbons (Fsp3) is 0.309. The number of carboxylic acids is 1. The predicted molar refractivity (Wildman–Crippen MR) is 284 cm³/mol. The van der Waals surface area contributed by atoms with Crippen LogP contribution in [-0.4, -0.2) is 102 Å². The second-order valence-electron chi connectivity index (χ2n) is 20.3. The van der Waals surface area contributed by atoms with Gasteiger partial charge in [-0.25, -0.2) is 18.7 Å². The fourth-order valence-corrected chi connectivity index (χ4v) is 7.57. The van der Waals surface area contributed by atoms with Crippen LogP contribution in [0.2, 0.25) is 25.7 Å². The van der Waals surface area contributed by atoms with Crippen LogP contribution in [0.4, 0.5) is 8.78 Å². The molecule has 8 aromatic rings. The summed E-state index contributed by atoms with van der Waals surface area (Å²) in [5, 5.41) is 20.6. The third-order valence-electron chi connectivity index (χ3n) is 11.6. The van der Waals surface area contributed by atoms with Crippen molar-refractivity contribution >= 4 is 20.0 Å². The lowest BCUT2D eigenvalue weighted by Gasteiger charge is -2.21. The van der Waals surface area contributed by atoms with E-state index in [2.05, 4.69) is 64.8 Å². The van der Waals surface area contributed by atoms with Crippen LogP contribution in [0.15, 0.2) is 110 Å². The van der Waals surface area contributed by atoms with Crippen molar-refractivity contribution in [2.75, 3.05) is 26.9 Å². The lowest BCUT2D eigenvalue weighted by Crippen LogP contribution is -2.32. The Morgan fingerprint density at radius 3 is 1.71 bits per heavy atom. The van der Waals surface area contributed by atoms with E-state index >= 15 is 0 Å². The smallest absolute Gasteiger partial charge is 0.341 e. The molecule has 0 radical (unpaired) electrons. The highest BCUT2D eigenvalue weighted by Gasteiger charge is 2.30. The van der Waals surface area contributed by atoms with Gasteiger partial charge in [-0.2, -0.15) is 14.6 Å². The Balaban J connectivity index is 0.000000230. The molecular weight excluding hydrogens is 1010 g/mol. The second-order valence-corrected chi connectivity index (χ2v) is 25.9. The summed E-state index contributed by atoms with van der Waals surface area (Å²) in [6, 6.07) is 23.6. The number of carbonyl (C=O) groups excluding carboxylic acids is 1. The maximum Gasteiger partial charge on any atom is 0.341 e. The first kappa shape index (κ1) is 56.2. The molecule has 22 heteroatoms. The standard InChI is InChI=1S/C31H38FN5O5Si.C24H22FN5O4/c1-21-16-27(41-19-31(2,3)29(38)39-4)34-18-25(21)26-13-8-22(17-33-26)28-35-30(42-24-11-9-23(32)10-12-24)37(36-28)20-40-14-15-43(5,6)7;1-14-10-20(33-13-24(2,3)22(31)32)27-12-18(14)19-9-4-15(11-26-19)21-28-23(30-29-21)34-17-7-5-16(25)6-8-17/h8-13,16-18H,14-15,19-20H2,1-7H3;4-12H,13H2,1-3H3,(H,31,32)(H,28,29,30). The van der Waals surface area contributed by atoms with E-state index in [1.54, 1.807) is 63.2 Å². The van der Waals surface area contributed by atoms with Crippen LogP contribution in [0.3, 0.4) is 0 Å². The topological polar surface area (TPSA) is 234 Å². The first-order chi connectivity index (χ1) is 36.5. The molecule has 2 N–H and O–H groups in total. The summed E-state index contributed by atoms with van der Waals surface area (Å²) in [5.74, 6) is 0.484. The molecule has 0 saturated carbocycles. The van der Waals surface area contributed by atoms with Crippen molar-refractivity contribution in [1.82, 2.24) is 49.9 Å². The maximum atomic E-state index is 13.4. The van der Waals surface area contributed by atoms with Crippen molar-refractivity contribution in [2.45, 2.75) is 74.0 Å². The minimum atomic E-state index is -1.25. The first-order valence-electron chi connectivity index (χ1n) is 24.3. The van der Waals surface area contributed by atoms with Crippen LogP contribution >= 0.6 is 0 Å². The van der Waals surface area contributed by atoms with Crippen molar-refractivity contribution in [2.24, 2.45) is 10.8 Å². The molecule has 402 valence electrons. The molecule has 0 fully saturated rings. The number of methoxy groups -OCH3 is 1. The van der Waals surface area contributed by atoms with E-state index < -0.39 is 24.9 Å². The van der Waals surface area contributed by atoms with Crippen molar-refractivity contribution < 1.29 is 51.9 Å². The predicted octanol–water partition coefficient (Wildman–Crippen LogP) is 11.2. The zero-order valence-electron chi connectivity index (χ0n) is 44.4. The number of nitrogens with zero attached hydrogens (tertiary/aromatic N) is 9. The van der Waals surface area contributed by atoms with Gasteiger partial charge in [0.2, 0.25) is 11.8 Å². The Kier molecular flexibility index (Phi) is 17.9. The van der Waals surface area contributed by atoms with Crippen LogP contribution in [0, 0.1) is 36.3 Å². The van der Waals surface area contributed by atoms with Crippen molar-refractivity contribution in [3.63, 3.8) is 0 Å². The van der Waals surface area contributed by atoms with Gasteiger partial charge in [-0.1, -0.05) is 19.6 Å². The number of aryl methyl sites for hydroxylation is 2. The van der Waals surface area contributed by atoms with Gasteiger partial charge in [0.15, 0.2) is 11.6 Å². The number of hydrogen-bond acceptors (Lipinski definition) is 16. The lowest BCUT2D eigenvalue weighted by atomic mass is 9.95. The third kappa shape index (κ3) is 15.5. The molecule has 0 amide bonds. The minimum absolute atomic E-state index is 0.00507. The van der Waals surface area contributed by atoms with Crippen molar-refractivity contribution in [3.05, 3.63) is 132 Å². The van der Waals surface area contributed by atoms with Crippen molar-refractivity contribution in [3.8, 4) is 80.6 Å². The molecule has 0 spiro atoms. The molecular formula is C55H60F2N10O9Si. The number of H-pyrrole nitrogens is 1. The number of ether oxygens (including phenoxy) is 6. The summed E-state index contributed by atoms with van der Waals surface area (Å²) < 4.78 is 61.5. The molecule has 0 unspecified atom stereocenters. The number of carboxylic acid groups (broad SMARTS) is 1. The third-order valence-corrected chi connectivity index (χ3v) is 13.3. The number of aromatic amines is 1. The van der Waals surface area contributed by atoms with Gasteiger partial charge in [0.25, 0.3) is 0 Å². The zero-order chi connectivity index (χ0) is 55.5. The Bertz CT molecular complexity index is 3280. The molecule has 0 bridgehead atoms. The molecule has 0 saturated heterocycles. The van der Waals surface area contributed by atoms with Crippen LogP contribution in [-0.2, 0) is 25.8 Å². The van der Waals surface area contributed by atoms with Gasteiger partial charge in [0.1, 0.15) is 43.1 Å². The average molecular weight is 1070 g/mol. The van der Waals surface area contributed by atoms with Gasteiger partial charge in [-0.15, -0.1) is 10.2 Å². The Hall–Kier alpha value is -8.50. The number of benzene rings is 2. The van der Waals surface area contributed by atoms with Crippen LogP contribution in [0.25, 0.3) is 45.3 Å². The van der Waals surface area contributed by atoms with Gasteiger partial charge in [-0.3, -0.25) is 24.7 Å². The van der Waals surface area contributed by atoms with Crippen LogP contribution in [0.5, 0.6) is 35.3 Å². The molecule has 2 aromatic carbocycles. The lowest BCUT2D eigenvalue weighted by molar-refractivity contribution is -0.152. The SMILES string of the molecule is COC(=O)C(C)(C)COc1cc(C)c(-c2ccc(-c3nc(Oc4ccc(F)cc4)n(COCC[Si](C)(C)C)n3)cn2)cn1.Cc1cc(OCC(C)(C)C(=O)O)ncc1-c1ccc(-c2nc(Oc3ccc(F)cc3)n[nH]2)cn1. The molecule has 6 aromatic heterocycles. The second kappa shape index (κ2) is 24.4. The number of hydrogen-bond donors (Lipinski definition) is 2. The molecule has 8 rings (SSSR count). The number of aromatic nitrogens is 10. The molecule has 19 nitrogen and oxygen atoms in total. The molecule has 0 aliphatic heterocycles. The van der Waals surface area contributed by atoms with Gasteiger partial charge in [0, 0.05) is 73.9 Å². The zero-order valence-corrected chi connectivity index (χ0v) is 45.4. The summed E-state index contributed by atoms with van der Waals surface area (Å²) in [5.41, 5.74) is 4.43. The van der Waals surface area contributed by atoms with E-state index in [-0.39, 0.29) is 49.6 Å². The Labute approximate surface area is 445 Å². The number of pyridine rings is 4. The highest BCUT2D eigenvalue weighted by Crippen LogP contribution is 2.30. The number of esters is 1. The molecule has 0 aliphatic rings. The van der Waals surface area contributed by atoms with Crippen molar-refractivity contribution in [1.29, 1.82) is 0 Å². The Morgan fingerprint density at radius 1 is 0.688 bits per heavy atom. The molecule has 0 atom stereocenters. The van der Waals surface area contributed by atoms with E-state index in [0.29, 0.717) is 64.0 Å². The number of rotatable bonds is 21.